The molecule has 4 heteroatoms. The normalized spacial score (nSPS) is 12.3. The number of pyridine rings is 1. The van der Waals surface area contributed by atoms with E-state index in [1.54, 1.807) is 0 Å². The molecular weight excluding hydrogens is 303 g/mol. The van der Waals surface area contributed by atoms with Gasteiger partial charge in [0.05, 0.1) is 10.0 Å². The minimum absolute atomic E-state index is 0.193. The molecule has 0 aliphatic carbocycles. The van der Waals surface area contributed by atoms with Crippen molar-refractivity contribution in [2.24, 2.45) is 0 Å². The summed E-state index contributed by atoms with van der Waals surface area (Å²) in [4.78, 5) is 4.38. The number of aryl methyl sites for hydroxylation is 1. The van der Waals surface area contributed by atoms with Gasteiger partial charge in [0.15, 0.2) is 0 Å². The molecule has 0 bridgehead atoms. The van der Waals surface area contributed by atoms with E-state index in [4.69, 9.17) is 23.2 Å². The fourth-order valence-corrected chi connectivity index (χ4v) is 2.75. The Morgan fingerprint density at radius 1 is 1.14 bits per heavy atom. The zero-order chi connectivity index (χ0) is 15.1. The Hall–Kier alpha value is -1.09. The third-order valence-electron chi connectivity index (χ3n) is 3.41. The van der Waals surface area contributed by atoms with Crippen LogP contribution in [0.5, 0.6) is 0 Å². The van der Waals surface area contributed by atoms with Gasteiger partial charge in [0.25, 0.3) is 0 Å². The van der Waals surface area contributed by atoms with Gasteiger partial charge in [-0.05, 0) is 49.6 Å². The Balaban J connectivity index is 2.12. The van der Waals surface area contributed by atoms with Crippen molar-refractivity contribution in [2.75, 3.05) is 6.54 Å². The zero-order valence-electron chi connectivity index (χ0n) is 12.2. The molecule has 2 nitrogen and oxygen atoms in total. The van der Waals surface area contributed by atoms with E-state index < -0.39 is 0 Å². The number of nitrogens with one attached hydrogen (secondary N) is 1. The first-order chi connectivity index (χ1) is 10.2. The first-order valence-electron chi connectivity index (χ1n) is 7.29. The summed E-state index contributed by atoms with van der Waals surface area (Å²) in [6, 6.07) is 12.0. The lowest BCUT2D eigenvalue weighted by Crippen LogP contribution is -2.23. The fourth-order valence-electron chi connectivity index (χ4n) is 2.31. The molecule has 2 rings (SSSR count). The molecule has 21 heavy (non-hydrogen) atoms. The maximum atomic E-state index is 6.36. The third-order valence-corrected chi connectivity index (χ3v) is 4.25. The molecule has 0 aliphatic rings. The molecule has 0 fully saturated rings. The monoisotopic (exact) mass is 322 g/mol. The molecule has 1 unspecified atom stereocenters. The minimum atomic E-state index is 0.193. The van der Waals surface area contributed by atoms with E-state index in [2.05, 4.69) is 23.3 Å². The highest BCUT2D eigenvalue weighted by atomic mass is 35.5. The quantitative estimate of drug-likeness (QED) is 0.770. The lowest BCUT2D eigenvalue weighted by Gasteiger charge is -2.20. The predicted octanol–water partition coefficient (Wildman–Crippen LogP) is 5.06. The van der Waals surface area contributed by atoms with Crippen LogP contribution in [0.1, 0.15) is 37.1 Å². The topological polar surface area (TPSA) is 24.9 Å². The highest BCUT2D eigenvalue weighted by Gasteiger charge is 2.16. The molecule has 112 valence electrons. The molecule has 1 aromatic carbocycles. The Morgan fingerprint density at radius 3 is 2.71 bits per heavy atom. The van der Waals surface area contributed by atoms with Gasteiger partial charge in [-0.3, -0.25) is 4.98 Å². The van der Waals surface area contributed by atoms with E-state index in [9.17, 15) is 0 Å². The summed E-state index contributed by atoms with van der Waals surface area (Å²) in [7, 11) is 0. The molecule has 0 spiro atoms. The van der Waals surface area contributed by atoms with Crippen LogP contribution < -0.4 is 5.32 Å². The van der Waals surface area contributed by atoms with Crippen LogP contribution in [0, 0.1) is 0 Å². The van der Waals surface area contributed by atoms with Crippen LogP contribution in [0.3, 0.4) is 0 Å². The van der Waals surface area contributed by atoms with Crippen molar-refractivity contribution < 1.29 is 0 Å². The number of hydrogen-bond acceptors (Lipinski definition) is 2. The summed E-state index contributed by atoms with van der Waals surface area (Å²) < 4.78 is 0. The molecule has 0 saturated heterocycles. The Bertz CT molecular complexity index is 558. The Labute approximate surface area is 136 Å². The molecule has 0 aliphatic heterocycles. The van der Waals surface area contributed by atoms with Crippen LogP contribution in [-0.4, -0.2) is 11.5 Å². The van der Waals surface area contributed by atoms with Crippen molar-refractivity contribution >= 4 is 23.2 Å². The van der Waals surface area contributed by atoms with Crippen molar-refractivity contribution in [2.45, 2.75) is 32.2 Å². The van der Waals surface area contributed by atoms with E-state index >= 15 is 0 Å². The van der Waals surface area contributed by atoms with Gasteiger partial charge < -0.3 is 5.32 Å². The maximum Gasteiger partial charge on any atom is 0.0640 e. The van der Waals surface area contributed by atoms with E-state index in [0.29, 0.717) is 10.0 Å². The van der Waals surface area contributed by atoms with Gasteiger partial charge in [0.2, 0.25) is 0 Å². The lowest BCUT2D eigenvalue weighted by atomic mass is 10.0. The predicted molar refractivity (Wildman–Crippen MR) is 90.1 cm³/mol. The number of aromatic nitrogens is 1. The molecule has 1 aromatic heterocycles. The number of nitrogens with zero attached hydrogens (tertiary/aromatic N) is 1. The van der Waals surface area contributed by atoms with Gasteiger partial charge >= 0.3 is 0 Å². The fraction of sp³-hybridized carbons (Fsp3) is 0.353. The van der Waals surface area contributed by atoms with Gasteiger partial charge in [0, 0.05) is 17.9 Å². The van der Waals surface area contributed by atoms with E-state index in [-0.39, 0.29) is 6.04 Å². The highest BCUT2D eigenvalue weighted by Crippen LogP contribution is 2.31. The van der Waals surface area contributed by atoms with Crippen molar-refractivity contribution in [1.29, 1.82) is 0 Å². The van der Waals surface area contributed by atoms with Gasteiger partial charge in [-0.15, -0.1) is 0 Å². The summed E-state index contributed by atoms with van der Waals surface area (Å²) in [5.74, 6) is 0. The second-order valence-electron chi connectivity index (χ2n) is 5.01. The summed E-state index contributed by atoms with van der Waals surface area (Å²) in [6.45, 7) is 3.11. The van der Waals surface area contributed by atoms with Crippen molar-refractivity contribution in [3.8, 4) is 0 Å². The number of benzene rings is 1. The van der Waals surface area contributed by atoms with Crippen molar-refractivity contribution in [3.05, 3.63) is 63.9 Å². The Morgan fingerprint density at radius 2 is 2.00 bits per heavy atom. The molecule has 0 radical (unpaired) electrons. The molecular formula is C17H20Cl2N2. The van der Waals surface area contributed by atoms with Gasteiger partial charge in [-0.2, -0.15) is 0 Å². The largest absolute Gasteiger partial charge is 0.310 e. The summed E-state index contributed by atoms with van der Waals surface area (Å²) in [5, 5.41) is 4.81. The standard InChI is InChI=1S/C17H20Cl2N2/c1-2-11-21-16(10-9-13-6-3-4-12-20-13)14-7-5-8-15(18)17(14)19/h3-8,12,16,21H,2,9-11H2,1H3. The van der Waals surface area contributed by atoms with E-state index in [1.165, 1.54) is 0 Å². The van der Waals surface area contributed by atoms with Crippen LogP contribution in [-0.2, 0) is 6.42 Å². The molecule has 1 atom stereocenters. The first-order valence-corrected chi connectivity index (χ1v) is 8.05. The maximum absolute atomic E-state index is 6.36. The summed E-state index contributed by atoms with van der Waals surface area (Å²) >= 11 is 12.5. The van der Waals surface area contributed by atoms with Gasteiger partial charge in [-0.25, -0.2) is 0 Å². The van der Waals surface area contributed by atoms with Crippen LogP contribution in [0.4, 0.5) is 0 Å². The van der Waals surface area contributed by atoms with Gasteiger partial charge in [-0.1, -0.05) is 48.3 Å². The average molecular weight is 323 g/mol. The average Bonchev–Trinajstić information content (AvgIpc) is 2.52. The van der Waals surface area contributed by atoms with Crippen LogP contribution in [0.2, 0.25) is 10.0 Å². The van der Waals surface area contributed by atoms with E-state index in [1.807, 2.05) is 36.5 Å². The summed E-state index contributed by atoms with van der Waals surface area (Å²) in [6.07, 6.45) is 4.76. The Kier molecular flexibility index (Phi) is 6.50. The number of halogens is 2. The molecule has 0 saturated carbocycles. The highest BCUT2D eigenvalue weighted by molar-refractivity contribution is 6.42. The zero-order valence-corrected chi connectivity index (χ0v) is 13.7. The lowest BCUT2D eigenvalue weighted by molar-refractivity contribution is 0.497. The first kappa shape index (κ1) is 16.3. The SMILES string of the molecule is CCCNC(CCc1ccccn1)c1cccc(Cl)c1Cl. The molecule has 1 N–H and O–H groups in total. The second kappa shape index (κ2) is 8.38. The number of hydrogen-bond donors (Lipinski definition) is 1. The molecule has 1 heterocycles. The van der Waals surface area contributed by atoms with Crippen LogP contribution in [0.15, 0.2) is 42.6 Å². The second-order valence-corrected chi connectivity index (χ2v) is 5.79. The van der Waals surface area contributed by atoms with Crippen LogP contribution >= 0.6 is 23.2 Å². The number of rotatable bonds is 7. The van der Waals surface area contributed by atoms with Crippen molar-refractivity contribution in [1.82, 2.24) is 10.3 Å². The van der Waals surface area contributed by atoms with Crippen LogP contribution in [0.25, 0.3) is 0 Å². The smallest absolute Gasteiger partial charge is 0.0640 e. The molecule has 2 aromatic rings. The summed E-state index contributed by atoms with van der Waals surface area (Å²) in [5.41, 5.74) is 2.16. The van der Waals surface area contributed by atoms with E-state index in [0.717, 1.165) is 37.1 Å². The minimum Gasteiger partial charge on any atom is -0.310 e. The third kappa shape index (κ3) is 4.70. The van der Waals surface area contributed by atoms with Gasteiger partial charge in [0.1, 0.15) is 0 Å². The van der Waals surface area contributed by atoms with Crippen molar-refractivity contribution in [3.63, 3.8) is 0 Å². The molecule has 0 amide bonds.